The maximum absolute atomic E-state index is 11.1. The van der Waals surface area contributed by atoms with Crippen molar-refractivity contribution < 1.29 is 5.11 Å². The van der Waals surface area contributed by atoms with E-state index in [1.807, 2.05) is 77.5 Å². The van der Waals surface area contributed by atoms with Gasteiger partial charge in [0.15, 0.2) is 0 Å². The molecule has 194 valence electrons. The molecule has 1 aromatic heterocycles. The molecule has 0 fully saturated rings. The minimum atomic E-state index is -0.579. The van der Waals surface area contributed by atoms with Crippen molar-refractivity contribution in [2.24, 2.45) is 0 Å². The van der Waals surface area contributed by atoms with E-state index in [1.165, 1.54) is 0 Å². The predicted octanol–water partition coefficient (Wildman–Crippen LogP) is 9.38. The van der Waals surface area contributed by atoms with Crippen LogP contribution in [0.25, 0.3) is 39.7 Å². The van der Waals surface area contributed by atoms with E-state index < -0.39 is 6.10 Å². The fourth-order valence-electron chi connectivity index (χ4n) is 5.10. The number of aliphatic hydroxyl groups is 1. The summed E-state index contributed by atoms with van der Waals surface area (Å²) in [6.07, 6.45) is 3.65. The molecule has 0 aliphatic heterocycles. The van der Waals surface area contributed by atoms with Crippen LogP contribution < -0.4 is 0 Å². The fraction of sp³-hybridized carbons (Fsp3) is 0.0938. The molecule has 1 N–H and O–H groups in total. The molecular formula is C32H23BrCl2N2OSe. The van der Waals surface area contributed by atoms with Gasteiger partial charge < -0.3 is 0 Å². The maximum atomic E-state index is 11.1. The van der Waals surface area contributed by atoms with Crippen LogP contribution in [0.2, 0.25) is 21.2 Å². The Labute approximate surface area is 252 Å². The van der Waals surface area contributed by atoms with E-state index >= 15 is 0 Å². The second-order valence-electron chi connectivity index (χ2n) is 9.36. The summed E-state index contributed by atoms with van der Waals surface area (Å²) in [4.78, 5) is 0. The molecular weight excluding hydrogens is 658 g/mol. The summed E-state index contributed by atoms with van der Waals surface area (Å²) in [7, 11) is 0. The topological polar surface area (TPSA) is 38.0 Å². The van der Waals surface area contributed by atoms with Crippen molar-refractivity contribution in [3.63, 3.8) is 0 Å². The Balaban J connectivity index is 1.61. The number of aromatic nitrogens is 2. The van der Waals surface area contributed by atoms with Crippen LogP contribution in [0.4, 0.5) is 0 Å². The summed E-state index contributed by atoms with van der Waals surface area (Å²) >= 11 is 17.1. The fourth-order valence-corrected chi connectivity index (χ4v) is 6.81. The van der Waals surface area contributed by atoms with Crippen LogP contribution in [-0.4, -0.2) is 29.8 Å². The third-order valence-electron chi connectivity index (χ3n) is 6.83. The summed E-state index contributed by atoms with van der Waals surface area (Å²) in [5, 5.41) is 18.1. The van der Waals surface area contributed by atoms with Crippen molar-refractivity contribution in [1.82, 2.24) is 9.78 Å². The third kappa shape index (κ3) is 5.16. The van der Waals surface area contributed by atoms with Gasteiger partial charge in [-0.25, -0.2) is 0 Å². The van der Waals surface area contributed by atoms with Gasteiger partial charge in [0.25, 0.3) is 0 Å². The zero-order valence-electron chi connectivity index (χ0n) is 20.9. The standard InChI is InChI=1S/C32H23BrCl2N2OSe/c1-39-18-30(38)29-16-23(35)15-28-26(27-14-22(34)11-12-25(27)31(28)29)13-20-17-37(24-5-3-2-4-6-24)36-32(20)19-7-9-21(33)10-8-19/h2-17,30,38H,18H2,1H3. The van der Waals surface area contributed by atoms with E-state index in [0.29, 0.717) is 25.0 Å². The Hall–Kier alpha value is -2.63. The molecule has 0 saturated heterocycles. The molecule has 0 radical (unpaired) electrons. The molecule has 5 aromatic rings. The van der Waals surface area contributed by atoms with Gasteiger partial charge in [0.1, 0.15) is 0 Å². The van der Waals surface area contributed by atoms with Crippen molar-refractivity contribution >= 4 is 65.7 Å². The number of para-hydroxylation sites is 1. The first-order valence-corrected chi connectivity index (χ1v) is 16.8. The Morgan fingerprint density at radius 1 is 0.923 bits per heavy atom. The normalized spacial score (nSPS) is 13.9. The summed E-state index contributed by atoms with van der Waals surface area (Å²) in [6, 6.07) is 28.1. The van der Waals surface area contributed by atoms with Crippen molar-refractivity contribution in [1.29, 1.82) is 0 Å². The number of rotatable bonds is 6. The van der Waals surface area contributed by atoms with Crippen LogP contribution in [-0.2, 0) is 0 Å². The van der Waals surface area contributed by atoms with Gasteiger partial charge in [0.05, 0.1) is 0 Å². The Kier molecular flexibility index (Phi) is 7.56. The van der Waals surface area contributed by atoms with E-state index in [-0.39, 0.29) is 0 Å². The Morgan fingerprint density at radius 3 is 2.41 bits per heavy atom. The van der Waals surface area contributed by atoms with Crippen LogP contribution in [0.3, 0.4) is 0 Å². The SMILES string of the molecule is C[Se]CC(O)c1cc(Cl)cc2c1-c1ccc(Cl)cc1C2=Cc1cn(-c2ccccc2)nc1-c1ccc(Br)cc1. The second-order valence-corrected chi connectivity index (χ2v) is 13.1. The van der Waals surface area contributed by atoms with E-state index in [1.54, 1.807) is 0 Å². The van der Waals surface area contributed by atoms with E-state index in [2.05, 4.69) is 46.2 Å². The molecule has 1 unspecified atom stereocenters. The number of nitrogens with zero attached hydrogens (tertiary/aromatic N) is 2. The molecule has 7 heteroatoms. The molecule has 0 saturated carbocycles. The van der Waals surface area contributed by atoms with Crippen molar-refractivity contribution in [2.75, 3.05) is 0 Å². The predicted molar refractivity (Wildman–Crippen MR) is 167 cm³/mol. The first-order valence-electron chi connectivity index (χ1n) is 12.4. The third-order valence-corrected chi connectivity index (χ3v) is 9.17. The molecule has 0 bridgehead atoms. The Bertz CT molecular complexity index is 1710. The number of hydrogen-bond donors (Lipinski definition) is 1. The van der Waals surface area contributed by atoms with Gasteiger partial charge in [-0.05, 0) is 0 Å². The molecule has 0 spiro atoms. The van der Waals surface area contributed by atoms with Crippen LogP contribution >= 0.6 is 39.1 Å². The van der Waals surface area contributed by atoms with Gasteiger partial charge in [-0.2, -0.15) is 0 Å². The van der Waals surface area contributed by atoms with Gasteiger partial charge in [0, 0.05) is 4.47 Å². The molecule has 1 heterocycles. The molecule has 1 atom stereocenters. The zero-order chi connectivity index (χ0) is 27.1. The molecule has 3 nitrogen and oxygen atoms in total. The van der Waals surface area contributed by atoms with E-state index in [0.717, 1.165) is 65.7 Å². The van der Waals surface area contributed by atoms with Crippen LogP contribution in [0.15, 0.2) is 95.6 Å². The number of halogens is 3. The molecule has 39 heavy (non-hydrogen) atoms. The molecule has 0 amide bonds. The Morgan fingerprint density at radius 2 is 1.67 bits per heavy atom. The molecule has 1 aliphatic carbocycles. The number of aliphatic hydroxyl groups excluding tert-OH is 1. The van der Waals surface area contributed by atoms with Crippen molar-refractivity contribution in [3.05, 3.63) is 128 Å². The average Bonchev–Trinajstić information content (AvgIpc) is 3.49. The molecule has 1 aliphatic rings. The summed E-state index contributed by atoms with van der Waals surface area (Å²) in [5.41, 5.74) is 9.78. The van der Waals surface area contributed by atoms with Gasteiger partial charge >= 0.3 is 215 Å². The first kappa shape index (κ1) is 26.6. The summed E-state index contributed by atoms with van der Waals surface area (Å²) < 4.78 is 2.92. The summed E-state index contributed by atoms with van der Waals surface area (Å²) in [5.74, 6) is 2.13. The zero-order valence-corrected chi connectivity index (χ0v) is 25.7. The second kappa shape index (κ2) is 11.1. The van der Waals surface area contributed by atoms with Gasteiger partial charge in [0.2, 0.25) is 0 Å². The van der Waals surface area contributed by atoms with Crippen molar-refractivity contribution in [2.45, 2.75) is 17.2 Å². The average molecular weight is 681 g/mol. The monoisotopic (exact) mass is 680 g/mol. The van der Waals surface area contributed by atoms with E-state index in [4.69, 9.17) is 28.3 Å². The molecule has 4 aromatic carbocycles. The van der Waals surface area contributed by atoms with Crippen LogP contribution in [0, 0.1) is 0 Å². The molecule has 6 rings (SSSR count). The van der Waals surface area contributed by atoms with Gasteiger partial charge in [-0.15, -0.1) is 0 Å². The van der Waals surface area contributed by atoms with E-state index in [9.17, 15) is 5.11 Å². The number of hydrogen-bond acceptors (Lipinski definition) is 2. The summed E-state index contributed by atoms with van der Waals surface area (Å²) in [6.45, 7) is 0. The number of fused-ring (bicyclic) bond motifs is 3. The first-order chi connectivity index (χ1) is 18.9. The van der Waals surface area contributed by atoms with Crippen LogP contribution in [0.5, 0.6) is 0 Å². The number of benzene rings is 4. The van der Waals surface area contributed by atoms with Gasteiger partial charge in [-0.1, -0.05) is 34.1 Å². The van der Waals surface area contributed by atoms with Crippen molar-refractivity contribution in [3.8, 4) is 28.1 Å². The quantitative estimate of drug-likeness (QED) is 0.178. The van der Waals surface area contributed by atoms with Crippen LogP contribution in [0.1, 0.15) is 28.4 Å². The van der Waals surface area contributed by atoms with Gasteiger partial charge in [-0.3, -0.25) is 0 Å². The minimum absolute atomic E-state index is 0.320.